The molecule has 0 aliphatic carbocycles. The smallest absolute Gasteiger partial charge is 0.234 e. The zero-order valence-corrected chi connectivity index (χ0v) is 10.7. The Morgan fingerprint density at radius 1 is 1.15 bits per heavy atom. The monoisotopic (exact) mass is 269 g/mol. The lowest BCUT2D eigenvalue weighted by Gasteiger charge is -2.00. The van der Waals surface area contributed by atoms with Gasteiger partial charge in [-0.25, -0.2) is 0 Å². The van der Waals surface area contributed by atoms with Gasteiger partial charge in [-0.1, -0.05) is 18.2 Å². The highest BCUT2D eigenvalue weighted by Crippen LogP contribution is 2.33. The topological polar surface area (TPSA) is 72.4 Å². The third-order valence-corrected chi connectivity index (χ3v) is 3.14. The van der Waals surface area contributed by atoms with E-state index in [1.165, 1.54) is 19.3 Å². The van der Waals surface area contributed by atoms with E-state index < -0.39 is 5.78 Å². The van der Waals surface area contributed by atoms with Gasteiger partial charge < -0.3 is 9.52 Å². The first kappa shape index (κ1) is 12.2. The predicted octanol–water partition coefficient (Wildman–Crippen LogP) is 2.83. The molecule has 1 N–H and O–H groups in total. The molecule has 3 rings (SSSR count). The van der Waals surface area contributed by atoms with Crippen molar-refractivity contribution in [1.82, 2.24) is 4.57 Å². The quantitative estimate of drug-likeness (QED) is 0.726. The number of benzene rings is 1. The van der Waals surface area contributed by atoms with Crippen LogP contribution in [0.4, 0.5) is 0 Å². The zero-order chi connectivity index (χ0) is 14.3. The summed E-state index contributed by atoms with van der Waals surface area (Å²) in [5.74, 6) is -1.06. The Hall–Kier alpha value is -2.82. The summed E-state index contributed by atoms with van der Waals surface area (Å²) in [6.07, 6.45) is 1.38. The number of carbonyl (C=O) groups is 2. The first-order valence-electron chi connectivity index (χ1n) is 6.03. The molecule has 0 aliphatic heterocycles. The molecule has 20 heavy (non-hydrogen) atoms. The van der Waals surface area contributed by atoms with E-state index >= 15 is 0 Å². The molecule has 0 spiro atoms. The van der Waals surface area contributed by atoms with Crippen LogP contribution < -0.4 is 0 Å². The van der Waals surface area contributed by atoms with Crippen LogP contribution in [-0.2, 0) is 0 Å². The minimum absolute atomic E-state index is 0.0748. The maximum atomic E-state index is 12.4. The molecule has 0 unspecified atom stereocenters. The van der Waals surface area contributed by atoms with E-state index in [0.717, 1.165) is 4.57 Å². The van der Waals surface area contributed by atoms with Crippen LogP contribution in [0.25, 0.3) is 10.9 Å². The molecule has 0 saturated carbocycles. The molecular weight excluding hydrogens is 258 g/mol. The van der Waals surface area contributed by atoms with E-state index in [4.69, 9.17) is 4.42 Å². The van der Waals surface area contributed by atoms with E-state index in [1.54, 1.807) is 30.3 Å². The molecule has 0 fully saturated rings. The van der Waals surface area contributed by atoms with Gasteiger partial charge in [0, 0.05) is 12.3 Å². The van der Waals surface area contributed by atoms with E-state index in [1.807, 2.05) is 0 Å². The van der Waals surface area contributed by atoms with Crippen LogP contribution in [0.2, 0.25) is 0 Å². The Balaban J connectivity index is 2.34. The first-order valence-corrected chi connectivity index (χ1v) is 6.03. The van der Waals surface area contributed by atoms with Crippen molar-refractivity contribution in [2.24, 2.45) is 0 Å². The molecule has 2 aromatic heterocycles. The Kier molecular flexibility index (Phi) is 2.68. The number of hydrogen-bond donors (Lipinski definition) is 1. The minimum Gasteiger partial charge on any atom is -0.494 e. The molecule has 0 saturated heterocycles. The average Bonchev–Trinajstić information content (AvgIpc) is 3.02. The summed E-state index contributed by atoms with van der Waals surface area (Å²) >= 11 is 0. The average molecular weight is 269 g/mol. The Bertz CT molecular complexity index is 812. The number of furan rings is 1. The largest absolute Gasteiger partial charge is 0.494 e. The van der Waals surface area contributed by atoms with Gasteiger partial charge in [0.05, 0.1) is 17.3 Å². The second-order valence-corrected chi connectivity index (χ2v) is 4.38. The number of hydrogen-bond acceptors (Lipinski definition) is 4. The molecule has 0 aliphatic rings. The number of nitrogens with zero attached hydrogens (tertiary/aromatic N) is 1. The molecule has 0 atom stereocenters. The second-order valence-electron chi connectivity index (χ2n) is 4.38. The Labute approximate surface area is 114 Å². The van der Waals surface area contributed by atoms with E-state index in [0.29, 0.717) is 10.9 Å². The molecule has 5 heteroatoms. The van der Waals surface area contributed by atoms with Crippen LogP contribution in [-0.4, -0.2) is 21.4 Å². The summed E-state index contributed by atoms with van der Waals surface area (Å²) < 4.78 is 6.19. The number of aromatic hydroxyl groups is 1. The number of fused-ring (bicyclic) bond motifs is 1. The van der Waals surface area contributed by atoms with Gasteiger partial charge in [-0.15, -0.1) is 0 Å². The molecular formula is C15H11NO4. The fourth-order valence-electron chi connectivity index (χ4n) is 2.30. The number of aromatic nitrogens is 1. The van der Waals surface area contributed by atoms with Gasteiger partial charge in [0.2, 0.25) is 17.6 Å². The molecule has 0 amide bonds. The van der Waals surface area contributed by atoms with E-state index in [9.17, 15) is 14.7 Å². The summed E-state index contributed by atoms with van der Waals surface area (Å²) in [5.41, 5.74) is 0.568. The third-order valence-electron chi connectivity index (χ3n) is 3.14. The lowest BCUT2D eigenvalue weighted by Crippen LogP contribution is -2.05. The van der Waals surface area contributed by atoms with Crippen molar-refractivity contribution >= 4 is 22.6 Å². The maximum Gasteiger partial charge on any atom is 0.234 e. The molecule has 0 radical (unpaired) electrons. The van der Waals surface area contributed by atoms with E-state index in [2.05, 4.69) is 0 Å². The highest BCUT2D eigenvalue weighted by molar-refractivity contribution is 6.18. The lowest BCUT2D eigenvalue weighted by molar-refractivity contribution is 0.0932. The summed E-state index contributed by atoms with van der Waals surface area (Å²) in [5, 5.41) is 10.7. The standard InChI is InChI=1S/C15H11NO4/c1-9(17)16-11-6-3-2-5-10(11)13(15(16)19)14(18)12-7-4-8-20-12/h2-8,19H,1H3. The third kappa shape index (κ3) is 1.64. The SMILES string of the molecule is CC(=O)n1c(O)c(C(=O)c2ccco2)c2ccccc21. The number of ketones is 1. The molecule has 5 nitrogen and oxygen atoms in total. The van der Waals surface area contributed by atoms with Gasteiger partial charge in [0.1, 0.15) is 0 Å². The Morgan fingerprint density at radius 2 is 1.90 bits per heavy atom. The van der Waals surface area contributed by atoms with Crippen LogP contribution in [0.3, 0.4) is 0 Å². The molecule has 3 aromatic rings. The van der Waals surface area contributed by atoms with Crippen LogP contribution in [0.1, 0.15) is 27.8 Å². The summed E-state index contributed by atoms with van der Waals surface area (Å²) in [6.45, 7) is 1.33. The normalized spacial score (nSPS) is 10.8. The fraction of sp³-hybridized carbons (Fsp3) is 0.0667. The maximum absolute atomic E-state index is 12.4. The Morgan fingerprint density at radius 3 is 2.55 bits per heavy atom. The van der Waals surface area contributed by atoms with Crippen molar-refractivity contribution < 1.29 is 19.1 Å². The van der Waals surface area contributed by atoms with Crippen molar-refractivity contribution in [2.75, 3.05) is 0 Å². The number of carbonyl (C=O) groups excluding carboxylic acids is 2. The highest BCUT2D eigenvalue weighted by Gasteiger charge is 2.26. The van der Waals surface area contributed by atoms with Crippen LogP contribution in [0.5, 0.6) is 5.88 Å². The van der Waals surface area contributed by atoms with Gasteiger partial charge in [-0.3, -0.25) is 14.2 Å². The van der Waals surface area contributed by atoms with Crippen LogP contribution in [0.15, 0.2) is 47.1 Å². The second kappa shape index (κ2) is 4.38. The lowest BCUT2D eigenvalue weighted by atomic mass is 10.1. The molecule has 100 valence electrons. The van der Waals surface area contributed by atoms with Crippen LogP contribution in [0, 0.1) is 0 Å². The van der Waals surface area contributed by atoms with Gasteiger partial charge in [-0.05, 0) is 18.2 Å². The van der Waals surface area contributed by atoms with E-state index in [-0.39, 0.29) is 23.1 Å². The van der Waals surface area contributed by atoms with Gasteiger partial charge in [0.15, 0.2) is 5.76 Å². The van der Waals surface area contributed by atoms with Crippen molar-refractivity contribution in [3.05, 3.63) is 54.0 Å². The van der Waals surface area contributed by atoms with Gasteiger partial charge in [-0.2, -0.15) is 0 Å². The zero-order valence-electron chi connectivity index (χ0n) is 10.7. The highest BCUT2D eigenvalue weighted by atomic mass is 16.3. The van der Waals surface area contributed by atoms with Crippen molar-refractivity contribution in [3.63, 3.8) is 0 Å². The molecule has 1 aromatic carbocycles. The first-order chi connectivity index (χ1) is 9.61. The summed E-state index contributed by atoms with van der Waals surface area (Å²) in [6, 6.07) is 9.95. The molecule has 2 heterocycles. The van der Waals surface area contributed by atoms with Gasteiger partial charge in [0.25, 0.3) is 0 Å². The molecule has 0 bridgehead atoms. The predicted molar refractivity (Wildman–Crippen MR) is 72.0 cm³/mol. The van der Waals surface area contributed by atoms with Crippen LogP contribution >= 0.6 is 0 Å². The van der Waals surface area contributed by atoms with Crippen molar-refractivity contribution in [3.8, 4) is 5.88 Å². The fourth-order valence-corrected chi connectivity index (χ4v) is 2.30. The number of para-hydroxylation sites is 1. The van der Waals surface area contributed by atoms with Crippen molar-refractivity contribution in [1.29, 1.82) is 0 Å². The summed E-state index contributed by atoms with van der Waals surface area (Å²) in [7, 11) is 0. The van der Waals surface area contributed by atoms with Gasteiger partial charge >= 0.3 is 0 Å². The summed E-state index contributed by atoms with van der Waals surface area (Å²) in [4.78, 5) is 24.1. The number of rotatable bonds is 2. The van der Waals surface area contributed by atoms with Crippen molar-refractivity contribution in [2.45, 2.75) is 6.92 Å². The minimum atomic E-state index is -0.455.